The van der Waals surface area contributed by atoms with Crippen molar-refractivity contribution < 1.29 is 19.5 Å². The Hall–Kier alpha value is -2.95. The smallest absolute Gasteiger partial charge is 0.335 e. The Labute approximate surface area is 134 Å². The fourth-order valence-electron chi connectivity index (χ4n) is 2.46. The summed E-state index contributed by atoms with van der Waals surface area (Å²) < 4.78 is 0. The summed E-state index contributed by atoms with van der Waals surface area (Å²) in [6.07, 6.45) is 4.63. The van der Waals surface area contributed by atoms with Crippen LogP contribution in [-0.4, -0.2) is 27.8 Å². The van der Waals surface area contributed by atoms with Crippen LogP contribution in [0.3, 0.4) is 0 Å². The van der Waals surface area contributed by atoms with E-state index in [1.807, 2.05) is 0 Å². The van der Waals surface area contributed by atoms with Gasteiger partial charge in [0, 0.05) is 0 Å². The first-order valence-corrected chi connectivity index (χ1v) is 7.09. The maximum absolute atomic E-state index is 12.4. The zero-order chi connectivity index (χ0) is 17.1. The zero-order valence-corrected chi connectivity index (χ0v) is 13.0. The van der Waals surface area contributed by atoms with Crippen molar-refractivity contribution in [3.63, 3.8) is 0 Å². The molecule has 5 nitrogen and oxygen atoms in total. The summed E-state index contributed by atoms with van der Waals surface area (Å²) in [7, 11) is 0. The molecule has 0 unspecified atom stereocenters. The van der Waals surface area contributed by atoms with Gasteiger partial charge in [-0.1, -0.05) is 36.9 Å². The van der Waals surface area contributed by atoms with Crippen LogP contribution in [0.25, 0.3) is 0 Å². The Balaban J connectivity index is 2.34. The van der Waals surface area contributed by atoms with Crippen LogP contribution in [0.4, 0.5) is 0 Å². The van der Waals surface area contributed by atoms with Gasteiger partial charge < -0.3 is 5.11 Å². The van der Waals surface area contributed by atoms with E-state index in [1.54, 1.807) is 38.1 Å². The number of aromatic carboxylic acids is 1. The molecule has 1 aliphatic rings. The third kappa shape index (κ3) is 2.99. The fourth-order valence-corrected chi connectivity index (χ4v) is 2.46. The SMILES string of the molecule is C=CC1=C(/C=C\C)C(=O)N(Cc2ccc(C)c(C(=O)O)c2)C1=O. The predicted octanol–water partition coefficient (Wildman–Crippen LogP) is 2.62. The number of carbonyl (C=O) groups excluding carboxylic acids is 2. The number of allylic oxidation sites excluding steroid dienone is 1. The quantitative estimate of drug-likeness (QED) is 0.848. The number of imide groups is 1. The predicted molar refractivity (Wildman–Crippen MR) is 85.7 cm³/mol. The van der Waals surface area contributed by atoms with E-state index in [9.17, 15) is 14.4 Å². The number of aryl methyl sites for hydroxylation is 1. The minimum absolute atomic E-state index is 0.0244. The van der Waals surface area contributed by atoms with Gasteiger partial charge in [0.05, 0.1) is 23.3 Å². The number of benzene rings is 1. The molecule has 0 radical (unpaired) electrons. The molecule has 2 amide bonds. The number of rotatable bonds is 5. The number of carboxylic acid groups (broad SMARTS) is 1. The number of carboxylic acids is 1. The first kappa shape index (κ1) is 16.4. The Morgan fingerprint density at radius 2 is 1.91 bits per heavy atom. The minimum Gasteiger partial charge on any atom is -0.478 e. The second-order valence-electron chi connectivity index (χ2n) is 5.18. The second kappa shape index (κ2) is 6.44. The number of nitrogens with zero attached hydrogens (tertiary/aromatic N) is 1. The minimum atomic E-state index is -1.04. The number of hydrogen-bond donors (Lipinski definition) is 1. The van der Waals surface area contributed by atoms with Gasteiger partial charge in [-0.25, -0.2) is 4.79 Å². The highest BCUT2D eigenvalue weighted by Crippen LogP contribution is 2.25. The maximum atomic E-state index is 12.4. The number of hydrogen-bond acceptors (Lipinski definition) is 3. The Kier molecular flexibility index (Phi) is 4.60. The molecule has 0 bridgehead atoms. The number of carbonyl (C=O) groups is 3. The van der Waals surface area contributed by atoms with Crippen LogP contribution < -0.4 is 0 Å². The van der Waals surface area contributed by atoms with Crippen LogP contribution in [-0.2, 0) is 16.1 Å². The molecule has 1 aromatic carbocycles. The Morgan fingerprint density at radius 1 is 1.26 bits per heavy atom. The maximum Gasteiger partial charge on any atom is 0.335 e. The molecule has 0 saturated heterocycles. The summed E-state index contributed by atoms with van der Waals surface area (Å²) in [6, 6.07) is 4.86. The van der Waals surface area contributed by atoms with E-state index in [-0.39, 0.29) is 17.7 Å². The molecule has 0 aromatic heterocycles. The molecule has 0 spiro atoms. The third-order valence-electron chi connectivity index (χ3n) is 3.65. The molecule has 0 aliphatic carbocycles. The van der Waals surface area contributed by atoms with Crippen LogP contribution in [0.1, 0.15) is 28.4 Å². The van der Waals surface area contributed by atoms with Crippen LogP contribution in [0, 0.1) is 6.92 Å². The van der Waals surface area contributed by atoms with Crippen LogP contribution >= 0.6 is 0 Å². The van der Waals surface area contributed by atoms with Gasteiger partial charge in [0.2, 0.25) is 0 Å². The summed E-state index contributed by atoms with van der Waals surface area (Å²) in [6.45, 7) is 7.06. The van der Waals surface area contributed by atoms with Crippen LogP contribution in [0.15, 0.2) is 54.2 Å². The molecular weight excluding hydrogens is 294 g/mol. The molecule has 1 aliphatic heterocycles. The Bertz CT molecular complexity index is 771. The lowest BCUT2D eigenvalue weighted by molar-refractivity contribution is -0.138. The first-order valence-electron chi connectivity index (χ1n) is 7.09. The molecule has 1 heterocycles. The highest BCUT2D eigenvalue weighted by atomic mass is 16.4. The van der Waals surface area contributed by atoms with E-state index in [0.717, 1.165) is 4.90 Å². The van der Waals surface area contributed by atoms with E-state index in [1.165, 1.54) is 12.1 Å². The largest absolute Gasteiger partial charge is 0.478 e. The van der Waals surface area contributed by atoms with E-state index in [0.29, 0.717) is 16.7 Å². The lowest BCUT2D eigenvalue weighted by Crippen LogP contribution is -2.31. The molecule has 1 aromatic rings. The molecule has 118 valence electrons. The van der Waals surface area contributed by atoms with Crippen LogP contribution in [0.2, 0.25) is 0 Å². The average Bonchev–Trinajstić information content (AvgIpc) is 2.73. The van der Waals surface area contributed by atoms with Crippen molar-refractivity contribution in [2.45, 2.75) is 20.4 Å². The van der Waals surface area contributed by atoms with E-state index in [4.69, 9.17) is 5.11 Å². The molecular formula is C18H17NO4. The summed E-state index contributed by atoms with van der Waals surface area (Å²) >= 11 is 0. The van der Waals surface area contributed by atoms with Gasteiger partial charge in [0.1, 0.15) is 0 Å². The first-order chi connectivity index (χ1) is 10.9. The summed E-state index contributed by atoms with van der Waals surface area (Å²) in [4.78, 5) is 37.0. The van der Waals surface area contributed by atoms with Gasteiger partial charge in [-0.05, 0) is 31.0 Å². The molecule has 5 heteroatoms. The summed E-state index contributed by atoms with van der Waals surface area (Å²) in [5, 5.41) is 9.17. The summed E-state index contributed by atoms with van der Waals surface area (Å²) in [5.41, 5.74) is 1.93. The van der Waals surface area contributed by atoms with Crippen molar-refractivity contribution in [1.82, 2.24) is 4.90 Å². The average molecular weight is 311 g/mol. The zero-order valence-electron chi connectivity index (χ0n) is 13.0. The molecule has 1 N–H and O–H groups in total. The second-order valence-corrected chi connectivity index (χ2v) is 5.18. The monoisotopic (exact) mass is 311 g/mol. The van der Waals surface area contributed by atoms with Gasteiger partial charge in [-0.3, -0.25) is 14.5 Å². The van der Waals surface area contributed by atoms with Crippen molar-refractivity contribution in [3.05, 3.63) is 70.8 Å². The van der Waals surface area contributed by atoms with E-state index in [2.05, 4.69) is 6.58 Å². The van der Waals surface area contributed by atoms with Gasteiger partial charge in [0.25, 0.3) is 11.8 Å². The molecule has 0 atom stereocenters. The van der Waals surface area contributed by atoms with Crippen molar-refractivity contribution in [2.75, 3.05) is 0 Å². The van der Waals surface area contributed by atoms with Crippen LogP contribution in [0.5, 0.6) is 0 Å². The van der Waals surface area contributed by atoms with Crippen molar-refractivity contribution >= 4 is 17.8 Å². The Morgan fingerprint density at radius 3 is 2.48 bits per heavy atom. The van der Waals surface area contributed by atoms with Gasteiger partial charge in [-0.2, -0.15) is 0 Å². The fraction of sp³-hybridized carbons (Fsp3) is 0.167. The number of amides is 2. The summed E-state index contributed by atoms with van der Waals surface area (Å²) in [5.74, 6) is -1.86. The van der Waals surface area contributed by atoms with Gasteiger partial charge in [-0.15, -0.1) is 0 Å². The van der Waals surface area contributed by atoms with Crippen molar-refractivity contribution in [3.8, 4) is 0 Å². The highest BCUT2D eigenvalue weighted by molar-refractivity contribution is 6.21. The molecule has 23 heavy (non-hydrogen) atoms. The third-order valence-corrected chi connectivity index (χ3v) is 3.65. The highest BCUT2D eigenvalue weighted by Gasteiger charge is 2.35. The normalized spacial score (nSPS) is 15.0. The van der Waals surface area contributed by atoms with Gasteiger partial charge >= 0.3 is 5.97 Å². The lowest BCUT2D eigenvalue weighted by atomic mass is 10.0. The molecule has 0 saturated carbocycles. The van der Waals surface area contributed by atoms with Crippen molar-refractivity contribution in [2.24, 2.45) is 0 Å². The van der Waals surface area contributed by atoms with Crippen molar-refractivity contribution in [1.29, 1.82) is 0 Å². The lowest BCUT2D eigenvalue weighted by Gasteiger charge is -2.15. The topological polar surface area (TPSA) is 74.7 Å². The van der Waals surface area contributed by atoms with E-state index < -0.39 is 17.8 Å². The molecule has 0 fully saturated rings. The standard InChI is InChI=1S/C18H17NO4/c1-4-6-14-13(5-2)16(20)19(17(14)21)10-12-8-7-11(3)15(9-12)18(22)23/h4-9H,2,10H2,1,3H3,(H,22,23)/b6-4-. The molecule has 2 rings (SSSR count). The van der Waals surface area contributed by atoms with E-state index >= 15 is 0 Å². The van der Waals surface area contributed by atoms with Gasteiger partial charge in [0.15, 0.2) is 0 Å².